The lowest BCUT2D eigenvalue weighted by atomic mass is 9.91. The minimum atomic E-state index is -0.234. The van der Waals surface area contributed by atoms with Gasteiger partial charge in [0.2, 0.25) is 0 Å². The Morgan fingerprint density at radius 1 is 1.44 bits per heavy atom. The van der Waals surface area contributed by atoms with E-state index in [1.165, 1.54) is 12.1 Å². The highest BCUT2D eigenvalue weighted by atomic mass is 35.5. The summed E-state index contributed by atoms with van der Waals surface area (Å²) in [4.78, 5) is 0. The van der Waals surface area contributed by atoms with Crippen molar-refractivity contribution in [2.24, 2.45) is 11.7 Å². The van der Waals surface area contributed by atoms with Gasteiger partial charge in [0, 0.05) is 11.1 Å². The Morgan fingerprint density at radius 2 is 2.25 bits per heavy atom. The van der Waals surface area contributed by atoms with Crippen molar-refractivity contribution in [3.63, 3.8) is 0 Å². The largest absolute Gasteiger partial charge is 0.330 e. The molecular formula is C12H16ClFN2. The summed E-state index contributed by atoms with van der Waals surface area (Å²) in [5.41, 5.74) is 6.47. The van der Waals surface area contributed by atoms with Gasteiger partial charge < -0.3 is 11.1 Å². The van der Waals surface area contributed by atoms with Crippen molar-refractivity contribution < 1.29 is 4.39 Å². The standard InChI is InChI=1S/C12H16ClFN2/c13-11-3-2-9(14)5-10(11)12-4-1-8(6-15)7-16-12/h2-3,5,8,12,16H,1,4,6-7,15H2. The molecule has 0 amide bonds. The van der Waals surface area contributed by atoms with Crippen LogP contribution in [0.25, 0.3) is 0 Å². The molecule has 2 nitrogen and oxygen atoms in total. The number of hydrogen-bond donors (Lipinski definition) is 2. The second-order valence-corrected chi connectivity index (χ2v) is 4.71. The highest BCUT2D eigenvalue weighted by Crippen LogP contribution is 2.30. The van der Waals surface area contributed by atoms with Crippen LogP contribution in [-0.4, -0.2) is 13.1 Å². The zero-order valence-electron chi connectivity index (χ0n) is 9.05. The Bertz CT molecular complexity index is 362. The minimum Gasteiger partial charge on any atom is -0.330 e. The lowest BCUT2D eigenvalue weighted by Crippen LogP contribution is -2.36. The molecule has 16 heavy (non-hydrogen) atoms. The number of halogens is 2. The Hall–Kier alpha value is -0.640. The Labute approximate surface area is 100.0 Å². The van der Waals surface area contributed by atoms with Crippen molar-refractivity contribution in [2.75, 3.05) is 13.1 Å². The first-order valence-electron chi connectivity index (χ1n) is 5.59. The van der Waals surface area contributed by atoms with Crippen molar-refractivity contribution >= 4 is 11.6 Å². The minimum absolute atomic E-state index is 0.158. The molecule has 0 bridgehead atoms. The molecule has 2 atom stereocenters. The van der Waals surface area contributed by atoms with E-state index in [-0.39, 0.29) is 11.9 Å². The van der Waals surface area contributed by atoms with Gasteiger partial charge in [-0.3, -0.25) is 0 Å². The van der Waals surface area contributed by atoms with Crippen LogP contribution < -0.4 is 11.1 Å². The molecule has 0 spiro atoms. The van der Waals surface area contributed by atoms with E-state index >= 15 is 0 Å². The number of nitrogens with two attached hydrogens (primary N) is 1. The second kappa shape index (κ2) is 5.13. The third-order valence-corrected chi connectivity index (χ3v) is 3.53. The van der Waals surface area contributed by atoms with Gasteiger partial charge in [-0.1, -0.05) is 11.6 Å². The SMILES string of the molecule is NCC1CCC(c2cc(F)ccc2Cl)NC1. The maximum Gasteiger partial charge on any atom is 0.123 e. The van der Waals surface area contributed by atoms with Gasteiger partial charge in [-0.05, 0) is 55.6 Å². The molecule has 1 heterocycles. The number of rotatable bonds is 2. The smallest absolute Gasteiger partial charge is 0.123 e. The molecule has 4 heteroatoms. The van der Waals surface area contributed by atoms with E-state index in [0.717, 1.165) is 24.9 Å². The predicted octanol–water partition coefficient (Wildman–Crippen LogP) is 2.48. The van der Waals surface area contributed by atoms with Crippen LogP contribution in [0, 0.1) is 11.7 Å². The zero-order valence-corrected chi connectivity index (χ0v) is 9.80. The van der Waals surface area contributed by atoms with E-state index in [1.54, 1.807) is 6.07 Å². The van der Waals surface area contributed by atoms with Gasteiger partial charge in [0.25, 0.3) is 0 Å². The fourth-order valence-corrected chi connectivity index (χ4v) is 2.41. The van der Waals surface area contributed by atoms with Crippen molar-refractivity contribution in [1.29, 1.82) is 0 Å². The predicted molar refractivity (Wildman–Crippen MR) is 63.9 cm³/mol. The summed E-state index contributed by atoms with van der Waals surface area (Å²) in [5, 5.41) is 4.00. The third kappa shape index (κ3) is 2.54. The van der Waals surface area contributed by atoms with Crippen LogP contribution in [0.5, 0.6) is 0 Å². The normalized spacial score (nSPS) is 25.7. The molecule has 1 fully saturated rings. The maximum absolute atomic E-state index is 13.1. The third-order valence-electron chi connectivity index (χ3n) is 3.18. The van der Waals surface area contributed by atoms with E-state index in [2.05, 4.69) is 5.32 Å². The lowest BCUT2D eigenvalue weighted by Gasteiger charge is -2.30. The summed E-state index contributed by atoms with van der Waals surface area (Å²) in [6.07, 6.45) is 2.03. The first-order valence-corrected chi connectivity index (χ1v) is 5.97. The maximum atomic E-state index is 13.1. The van der Waals surface area contributed by atoms with Crippen LogP contribution in [0.1, 0.15) is 24.4 Å². The summed E-state index contributed by atoms with van der Waals surface area (Å²) in [6, 6.07) is 4.68. The van der Waals surface area contributed by atoms with Gasteiger partial charge in [0.15, 0.2) is 0 Å². The molecule has 0 aromatic heterocycles. The van der Waals surface area contributed by atoms with Gasteiger partial charge in [0.1, 0.15) is 5.82 Å². The molecule has 1 aliphatic rings. The average molecular weight is 243 g/mol. The quantitative estimate of drug-likeness (QED) is 0.836. The van der Waals surface area contributed by atoms with Gasteiger partial charge in [-0.15, -0.1) is 0 Å². The van der Waals surface area contributed by atoms with Crippen LogP contribution in [0.15, 0.2) is 18.2 Å². The number of hydrogen-bond acceptors (Lipinski definition) is 2. The van der Waals surface area contributed by atoms with Crippen molar-refractivity contribution in [2.45, 2.75) is 18.9 Å². The summed E-state index contributed by atoms with van der Waals surface area (Å²) < 4.78 is 13.1. The first kappa shape index (κ1) is 11.8. The number of piperidine rings is 1. The molecule has 0 saturated carbocycles. The van der Waals surface area contributed by atoms with E-state index < -0.39 is 0 Å². The molecule has 1 saturated heterocycles. The van der Waals surface area contributed by atoms with Crippen LogP contribution in [0.2, 0.25) is 5.02 Å². The van der Waals surface area contributed by atoms with E-state index in [4.69, 9.17) is 17.3 Å². The zero-order chi connectivity index (χ0) is 11.5. The molecule has 1 aromatic rings. The molecule has 3 N–H and O–H groups in total. The molecule has 2 unspecified atom stereocenters. The Kier molecular flexibility index (Phi) is 3.79. The fraction of sp³-hybridized carbons (Fsp3) is 0.500. The van der Waals surface area contributed by atoms with Crippen molar-refractivity contribution in [3.05, 3.63) is 34.6 Å². The molecular weight excluding hydrogens is 227 g/mol. The Balaban J connectivity index is 2.10. The summed E-state index contributed by atoms with van der Waals surface area (Å²) >= 11 is 6.07. The summed E-state index contributed by atoms with van der Waals surface area (Å²) in [5.74, 6) is 0.297. The van der Waals surface area contributed by atoms with Gasteiger partial charge in [0.05, 0.1) is 0 Å². The van der Waals surface area contributed by atoms with Gasteiger partial charge in [-0.25, -0.2) is 4.39 Å². The van der Waals surface area contributed by atoms with Crippen LogP contribution in [0.3, 0.4) is 0 Å². The summed E-state index contributed by atoms with van der Waals surface area (Å²) in [6.45, 7) is 1.59. The highest BCUT2D eigenvalue weighted by Gasteiger charge is 2.22. The average Bonchev–Trinajstić information content (AvgIpc) is 2.32. The van der Waals surface area contributed by atoms with E-state index in [0.29, 0.717) is 17.5 Å². The molecule has 1 aromatic carbocycles. The topological polar surface area (TPSA) is 38.0 Å². The molecule has 0 aliphatic carbocycles. The first-order chi connectivity index (χ1) is 7.70. The Morgan fingerprint density at radius 3 is 2.88 bits per heavy atom. The van der Waals surface area contributed by atoms with Crippen molar-refractivity contribution in [3.8, 4) is 0 Å². The van der Waals surface area contributed by atoms with Crippen LogP contribution in [-0.2, 0) is 0 Å². The van der Waals surface area contributed by atoms with Gasteiger partial charge >= 0.3 is 0 Å². The molecule has 1 aliphatic heterocycles. The fourth-order valence-electron chi connectivity index (χ4n) is 2.16. The van der Waals surface area contributed by atoms with Gasteiger partial charge in [-0.2, -0.15) is 0 Å². The second-order valence-electron chi connectivity index (χ2n) is 4.31. The monoisotopic (exact) mass is 242 g/mol. The molecule has 88 valence electrons. The lowest BCUT2D eigenvalue weighted by molar-refractivity contribution is 0.320. The van der Waals surface area contributed by atoms with Crippen molar-refractivity contribution in [1.82, 2.24) is 5.32 Å². The van der Waals surface area contributed by atoms with E-state index in [1.807, 2.05) is 0 Å². The molecule has 2 rings (SSSR count). The molecule has 0 radical (unpaired) electrons. The highest BCUT2D eigenvalue weighted by molar-refractivity contribution is 6.31. The van der Waals surface area contributed by atoms with E-state index in [9.17, 15) is 4.39 Å². The number of benzene rings is 1. The number of nitrogens with one attached hydrogen (secondary N) is 1. The summed E-state index contributed by atoms with van der Waals surface area (Å²) in [7, 11) is 0. The van der Waals surface area contributed by atoms with Crippen LogP contribution >= 0.6 is 11.6 Å². The van der Waals surface area contributed by atoms with Crippen LogP contribution in [0.4, 0.5) is 4.39 Å².